The van der Waals surface area contributed by atoms with Gasteiger partial charge in [0.1, 0.15) is 10.3 Å². The second-order valence-corrected chi connectivity index (χ2v) is 4.34. The topological polar surface area (TPSA) is 25.4 Å². The highest BCUT2D eigenvalue weighted by Crippen LogP contribution is 2.26. The molecule has 1 atom stereocenters. The number of rotatable bonds is 2. The van der Waals surface area contributed by atoms with E-state index in [2.05, 4.69) is 9.88 Å². The first-order valence-corrected chi connectivity index (χ1v) is 5.55. The van der Waals surface area contributed by atoms with Gasteiger partial charge < -0.3 is 9.64 Å². The van der Waals surface area contributed by atoms with Crippen LogP contribution < -0.4 is 4.90 Å². The van der Waals surface area contributed by atoms with Crippen LogP contribution in [-0.2, 0) is 4.74 Å². The molecule has 0 aromatic carbocycles. The molecule has 15 heavy (non-hydrogen) atoms. The van der Waals surface area contributed by atoms with Gasteiger partial charge in [0.05, 0.1) is 6.10 Å². The summed E-state index contributed by atoms with van der Waals surface area (Å²) >= 11 is 11.7. The van der Waals surface area contributed by atoms with Crippen molar-refractivity contribution in [3.8, 4) is 0 Å². The van der Waals surface area contributed by atoms with Crippen LogP contribution >= 0.6 is 23.2 Å². The molecule has 0 aliphatic carbocycles. The van der Waals surface area contributed by atoms with E-state index < -0.39 is 0 Å². The van der Waals surface area contributed by atoms with E-state index in [1.807, 2.05) is 12.1 Å². The molecule has 1 aromatic heterocycles. The van der Waals surface area contributed by atoms with Gasteiger partial charge in [-0.3, -0.25) is 0 Å². The van der Waals surface area contributed by atoms with Crippen molar-refractivity contribution < 1.29 is 4.74 Å². The van der Waals surface area contributed by atoms with Crippen LogP contribution in [0.15, 0.2) is 12.1 Å². The number of anilines is 1. The number of hydrogen-bond acceptors (Lipinski definition) is 3. The molecule has 1 fully saturated rings. The van der Waals surface area contributed by atoms with Crippen LogP contribution in [0.25, 0.3) is 0 Å². The second kappa shape index (κ2) is 4.56. The molecule has 0 radical (unpaired) electrons. The maximum absolute atomic E-state index is 5.85. The fourth-order valence-electron chi connectivity index (χ4n) is 1.79. The lowest BCUT2D eigenvalue weighted by Gasteiger charge is -2.18. The molecular weight excluding hydrogens is 235 g/mol. The maximum Gasteiger partial charge on any atom is 0.132 e. The molecule has 0 N–H and O–H groups in total. The van der Waals surface area contributed by atoms with Crippen molar-refractivity contribution in [1.82, 2.24) is 4.98 Å². The van der Waals surface area contributed by atoms with Crippen LogP contribution in [0.1, 0.15) is 6.42 Å². The van der Waals surface area contributed by atoms with Crippen molar-refractivity contribution in [3.05, 3.63) is 22.4 Å². The molecule has 0 bridgehead atoms. The first-order chi connectivity index (χ1) is 7.19. The zero-order chi connectivity index (χ0) is 10.8. The van der Waals surface area contributed by atoms with E-state index in [9.17, 15) is 0 Å². The minimum absolute atomic E-state index is 0.302. The Kier molecular flexibility index (Phi) is 3.34. The average Bonchev–Trinajstić information content (AvgIpc) is 2.64. The van der Waals surface area contributed by atoms with Crippen molar-refractivity contribution in [3.63, 3.8) is 0 Å². The van der Waals surface area contributed by atoms with Crippen LogP contribution in [0.5, 0.6) is 0 Å². The summed E-state index contributed by atoms with van der Waals surface area (Å²) in [5, 5.41) is 0.858. The van der Waals surface area contributed by atoms with E-state index in [0.29, 0.717) is 16.4 Å². The van der Waals surface area contributed by atoms with E-state index in [0.717, 1.165) is 25.2 Å². The highest BCUT2D eigenvalue weighted by molar-refractivity contribution is 6.32. The lowest BCUT2D eigenvalue weighted by molar-refractivity contribution is 0.121. The van der Waals surface area contributed by atoms with Gasteiger partial charge in [0.25, 0.3) is 0 Å². The minimum atomic E-state index is 0.302. The van der Waals surface area contributed by atoms with Crippen LogP contribution in [0.3, 0.4) is 0 Å². The van der Waals surface area contributed by atoms with Gasteiger partial charge in [0.2, 0.25) is 0 Å². The van der Waals surface area contributed by atoms with E-state index in [4.69, 9.17) is 27.9 Å². The van der Waals surface area contributed by atoms with Gasteiger partial charge in [-0.25, -0.2) is 4.98 Å². The molecular formula is C10H12Cl2N2O. The highest BCUT2D eigenvalue weighted by atomic mass is 35.5. The van der Waals surface area contributed by atoms with Gasteiger partial charge in [-0.15, -0.1) is 0 Å². The summed E-state index contributed by atoms with van der Waals surface area (Å²) in [6.45, 7) is 1.85. The molecule has 1 aromatic rings. The molecule has 5 heteroatoms. The van der Waals surface area contributed by atoms with Crippen LogP contribution in [-0.4, -0.2) is 31.3 Å². The van der Waals surface area contributed by atoms with E-state index >= 15 is 0 Å². The van der Waals surface area contributed by atoms with Crippen LogP contribution in [0, 0.1) is 0 Å². The highest BCUT2D eigenvalue weighted by Gasteiger charge is 2.22. The summed E-state index contributed by atoms with van der Waals surface area (Å²) in [5.41, 5.74) is 1.01. The smallest absolute Gasteiger partial charge is 0.132 e. The quantitative estimate of drug-likeness (QED) is 0.751. The average molecular weight is 247 g/mol. The summed E-state index contributed by atoms with van der Waals surface area (Å²) < 4.78 is 5.30. The molecule has 1 unspecified atom stereocenters. The fourth-order valence-corrected chi connectivity index (χ4v) is 2.24. The maximum atomic E-state index is 5.85. The Hall–Kier alpha value is -0.510. The zero-order valence-corrected chi connectivity index (χ0v) is 9.92. The predicted molar refractivity (Wildman–Crippen MR) is 61.9 cm³/mol. The van der Waals surface area contributed by atoms with Crippen molar-refractivity contribution in [2.24, 2.45) is 0 Å². The Labute approximate surface area is 98.9 Å². The first kappa shape index (κ1) is 11.0. The Bertz CT molecular complexity index is 339. The summed E-state index contributed by atoms with van der Waals surface area (Å²) in [4.78, 5) is 6.12. The van der Waals surface area contributed by atoms with Crippen molar-refractivity contribution in [1.29, 1.82) is 0 Å². The van der Waals surface area contributed by atoms with Crippen molar-refractivity contribution >= 4 is 28.9 Å². The number of aromatic nitrogens is 1. The fraction of sp³-hybridized carbons (Fsp3) is 0.500. The SMILES string of the molecule is COC1CCN(c2cc(Cl)nc(Cl)c2)C1. The third-order valence-electron chi connectivity index (χ3n) is 2.59. The third kappa shape index (κ3) is 2.54. The summed E-state index contributed by atoms with van der Waals surface area (Å²) in [6.07, 6.45) is 1.34. The predicted octanol–water partition coefficient (Wildman–Crippen LogP) is 2.61. The molecule has 0 saturated carbocycles. The standard InChI is InChI=1S/C10H12Cl2N2O/c1-15-8-2-3-14(6-8)7-4-9(11)13-10(12)5-7/h4-5,8H,2-3,6H2,1H3. The van der Waals surface area contributed by atoms with Crippen molar-refractivity contribution in [2.75, 3.05) is 25.1 Å². The Morgan fingerprint density at radius 1 is 1.40 bits per heavy atom. The molecule has 0 spiro atoms. The van der Waals surface area contributed by atoms with Gasteiger partial charge in [-0.1, -0.05) is 23.2 Å². The van der Waals surface area contributed by atoms with Crippen LogP contribution in [0.2, 0.25) is 10.3 Å². The number of methoxy groups -OCH3 is 1. The minimum Gasteiger partial charge on any atom is -0.380 e. The molecule has 0 amide bonds. The Balaban J connectivity index is 2.16. The lowest BCUT2D eigenvalue weighted by Crippen LogP contribution is -2.22. The number of hydrogen-bond donors (Lipinski definition) is 0. The van der Waals surface area contributed by atoms with Gasteiger partial charge in [-0.05, 0) is 18.6 Å². The molecule has 1 aliphatic heterocycles. The molecule has 2 rings (SSSR count). The van der Waals surface area contributed by atoms with E-state index in [1.54, 1.807) is 7.11 Å². The second-order valence-electron chi connectivity index (χ2n) is 3.56. The van der Waals surface area contributed by atoms with Gasteiger partial charge in [0, 0.05) is 25.9 Å². The number of pyridine rings is 1. The lowest BCUT2D eigenvalue weighted by atomic mass is 10.3. The first-order valence-electron chi connectivity index (χ1n) is 4.80. The largest absolute Gasteiger partial charge is 0.380 e. The molecule has 2 heterocycles. The molecule has 1 saturated heterocycles. The summed E-state index contributed by atoms with van der Waals surface area (Å²) in [6, 6.07) is 3.65. The van der Waals surface area contributed by atoms with E-state index in [1.165, 1.54) is 0 Å². The third-order valence-corrected chi connectivity index (χ3v) is 2.98. The van der Waals surface area contributed by atoms with Gasteiger partial charge in [-0.2, -0.15) is 0 Å². The van der Waals surface area contributed by atoms with Gasteiger partial charge >= 0.3 is 0 Å². The number of nitrogens with zero attached hydrogens (tertiary/aromatic N) is 2. The normalized spacial score (nSPS) is 21.0. The summed E-state index contributed by atoms with van der Waals surface area (Å²) in [7, 11) is 1.74. The number of ether oxygens (including phenoxy) is 1. The molecule has 82 valence electrons. The van der Waals surface area contributed by atoms with Crippen molar-refractivity contribution in [2.45, 2.75) is 12.5 Å². The molecule has 1 aliphatic rings. The zero-order valence-electron chi connectivity index (χ0n) is 8.41. The molecule has 3 nitrogen and oxygen atoms in total. The number of halogens is 2. The van der Waals surface area contributed by atoms with Gasteiger partial charge in [0.15, 0.2) is 0 Å². The monoisotopic (exact) mass is 246 g/mol. The van der Waals surface area contributed by atoms with E-state index in [-0.39, 0.29) is 0 Å². The Morgan fingerprint density at radius 2 is 2.07 bits per heavy atom. The summed E-state index contributed by atoms with van der Waals surface area (Å²) in [5.74, 6) is 0. The van der Waals surface area contributed by atoms with Crippen LogP contribution in [0.4, 0.5) is 5.69 Å². The Morgan fingerprint density at radius 3 is 2.60 bits per heavy atom.